The lowest BCUT2D eigenvalue weighted by atomic mass is 10.2. The van der Waals surface area contributed by atoms with Gasteiger partial charge in [-0.15, -0.1) is 0 Å². The van der Waals surface area contributed by atoms with Gasteiger partial charge in [0, 0.05) is 13.5 Å². The summed E-state index contributed by atoms with van der Waals surface area (Å²) in [5.74, 6) is 0.547. The first-order chi connectivity index (χ1) is 10.9. The van der Waals surface area contributed by atoms with Gasteiger partial charge in [0.2, 0.25) is 0 Å². The molecule has 0 saturated carbocycles. The highest BCUT2D eigenvalue weighted by atomic mass is 31.2. The van der Waals surface area contributed by atoms with Crippen molar-refractivity contribution < 1.29 is 28.7 Å². The molecular weight excluding hydrogens is 329 g/mol. The molecule has 0 radical (unpaired) electrons. The first-order valence-corrected chi connectivity index (χ1v) is 8.20. The number of fused-ring (bicyclic) bond motifs is 1. The molecule has 2 N–H and O–H groups in total. The van der Waals surface area contributed by atoms with Crippen molar-refractivity contribution in [2.75, 3.05) is 19.0 Å². The maximum absolute atomic E-state index is 10.5. The minimum Gasteiger partial charge on any atom is -0.790 e. The number of phosphoric ester groups is 1. The molecule has 12 heteroatoms. The summed E-state index contributed by atoms with van der Waals surface area (Å²) in [6.07, 6.45) is 0.520. The average Bonchev–Trinajstić information content (AvgIpc) is 3.07. The van der Waals surface area contributed by atoms with E-state index >= 15 is 0 Å². The summed E-state index contributed by atoms with van der Waals surface area (Å²) in [4.78, 5) is 33.4. The number of rotatable bonds is 5. The summed E-state index contributed by atoms with van der Waals surface area (Å²) in [7, 11) is -3.41. The first kappa shape index (κ1) is 16.2. The van der Waals surface area contributed by atoms with Crippen LogP contribution in [-0.2, 0) is 13.8 Å². The van der Waals surface area contributed by atoms with Crippen LogP contribution < -0.4 is 15.1 Å². The van der Waals surface area contributed by atoms with Crippen molar-refractivity contribution in [2.45, 2.75) is 24.9 Å². The van der Waals surface area contributed by atoms with E-state index in [1.807, 2.05) is 0 Å². The van der Waals surface area contributed by atoms with E-state index in [0.29, 0.717) is 17.0 Å². The molecule has 126 valence electrons. The largest absolute Gasteiger partial charge is 0.790 e. The number of hydrogen-bond acceptors (Lipinski definition) is 10. The molecule has 3 heterocycles. The van der Waals surface area contributed by atoms with Crippen molar-refractivity contribution in [3.8, 4) is 0 Å². The fourth-order valence-electron chi connectivity index (χ4n) is 2.45. The van der Waals surface area contributed by atoms with Gasteiger partial charge in [0.1, 0.15) is 24.2 Å². The van der Waals surface area contributed by atoms with Gasteiger partial charge in [-0.3, -0.25) is 4.57 Å². The van der Waals surface area contributed by atoms with E-state index in [2.05, 4.69) is 24.8 Å². The van der Waals surface area contributed by atoms with E-state index in [4.69, 9.17) is 4.74 Å². The van der Waals surface area contributed by atoms with Crippen LogP contribution in [0.25, 0.3) is 11.2 Å². The van der Waals surface area contributed by atoms with Gasteiger partial charge in [0.25, 0.3) is 0 Å². The predicted octanol–water partition coefficient (Wildman–Crippen LogP) is -1.64. The van der Waals surface area contributed by atoms with E-state index in [0.717, 1.165) is 0 Å². The predicted molar refractivity (Wildman–Crippen MR) is 73.0 cm³/mol. The number of ether oxygens (including phenoxy) is 1. The third-order valence-electron chi connectivity index (χ3n) is 3.51. The van der Waals surface area contributed by atoms with E-state index in [1.165, 1.54) is 12.7 Å². The summed E-state index contributed by atoms with van der Waals surface area (Å²) >= 11 is 0. The fraction of sp³-hybridized carbons (Fsp3) is 0.545. The second-order valence-electron chi connectivity index (χ2n) is 4.97. The van der Waals surface area contributed by atoms with E-state index in [-0.39, 0.29) is 6.42 Å². The molecule has 2 aromatic heterocycles. The quantitative estimate of drug-likeness (QED) is 0.603. The number of hydrogen-bond donors (Lipinski definition) is 2. The summed E-state index contributed by atoms with van der Waals surface area (Å²) in [6, 6.07) is 0. The molecule has 2 aromatic rings. The molecule has 1 saturated heterocycles. The van der Waals surface area contributed by atoms with Crippen molar-refractivity contribution in [2.24, 2.45) is 0 Å². The minimum atomic E-state index is -5.11. The van der Waals surface area contributed by atoms with Crippen molar-refractivity contribution in [3.63, 3.8) is 0 Å². The maximum Gasteiger partial charge on any atom is 0.167 e. The Labute approximate surface area is 130 Å². The molecule has 3 rings (SSSR count). The normalized spacial score (nSPS) is 25.1. The van der Waals surface area contributed by atoms with E-state index < -0.39 is 32.9 Å². The highest BCUT2D eigenvalue weighted by Crippen LogP contribution is 2.34. The Morgan fingerprint density at radius 2 is 2.30 bits per heavy atom. The smallest absolute Gasteiger partial charge is 0.167 e. The second-order valence-corrected chi connectivity index (χ2v) is 6.12. The Morgan fingerprint density at radius 1 is 1.52 bits per heavy atom. The monoisotopic (exact) mass is 343 g/mol. The SMILES string of the molecule is CNc1ncnc2c1ncn2[C@H]1C[C@H](O)[C@@H](COP(=O)([O-])[O-])O1. The van der Waals surface area contributed by atoms with Crippen molar-refractivity contribution in [1.29, 1.82) is 0 Å². The third kappa shape index (κ3) is 3.34. The number of aliphatic hydroxyl groups is 1. The van der Waals surface area contributed by atoms with Gasteiger partial charge in [0.15, 0.2) is 11.5 Å². The zero-order valence-electron chi connectivity index (χ0n) is 12.0. The van der Waals surface area contributed by atoms with Gasteiger partial charge in [-0.25, -0.2) is 15.0 Å². The summed E-state index contributed by atoms with van der Waals surface area (Å²) in [6.45, 7) is -0.536. The topological polar surface area (TPSA) is 158 Å². The Bertz CT molecular complexity index is 748. The first-order valence-electron chi connectivity index (χ1n) is 6.74. The minimum absolute atomic E-state index is 0.181. The van der Waals surface area contributed by atoms with Crippen molar-refractivity contribution in [3.05, 3.63) is 12.7 Å². The van der Waals surface area contributed by atoms with Crippen LogP contribution in [0, 0.1) is 0 Å². The maximum atomic E-state index is 10.5. The molecule has 3 atom stereocenters. The number of nitrogens with one attached hydrogen (secondary N) is 1. The van der Waals surface area contributed by atoms with Crippen molar-refractivity contribution in [1.82, 2.24) is 19.5 Å². The van der Waals surface area contributed by atoms with E-state index in [1.54, 1.807) is 11.6 Å². The van der Waals surface area contributed by atoms with Gasteiger partial charge >= 0.3 is 0 Å². The number of anilines is 1. The van der Waals surface area contributed by atoms with Crippen LogP contribution in [0.3, 0.4) is 0 Å². The molecule has 1 aliphatic heterocycles. The Kier molecular flexibility index (Phi) is 4.32. The van der Waals surface area contributed by atoms with Gasteiger partial charge in [-0.05, 0) is 0 Å². The zero-order valence-corrected chi connectivity index (χ0v) is 12.9. The molecule has 0 bridgehead atoms. The molecule has 0 amide bonds. The summed E-state index contributed by atoms with van der Waals surface area (Å²) in [5, 5.41) is 12.8. The Morgan fingerprint density at radius 3 is 3.00 bits per heavy atom. The molecule has 0 unspecified atom stereocenters. The summed E-state index contributed by atoms with van der Waals surface area (Å²) in [5.41, 5.74) is 1.04. The van der Waals surface area contributed by atoms with Gasteiger partial charge < -0.3 is 34.0 Å². The molecule has 0 spiro atoms. The van der Waals surface area contributed by atoms with Gasteiger partial charge in [-0.1, -0.05) is 0 Å². The van der Waals surface area contributed by atoms with Crippen LogP contribution in [-0.4, -0.2) is 50.5 Å². The highest BCUT2D eigenvalue weighted by molar-refractivity contribution is 7.43. The van der Waals surface area contributed by atoms with Crippen LogP contribution in [0.4, 0.5) is 5.82 Å². The number of aliphatic hydroxyl groups excluding tert-OH is 1. The standard InChI is InChI=1S/C11H16N5O6P/c1-12-10-9-11(14-4-13-10)16(5-15-9)8-2-6(17)7(22-8)3-21-23(18,19)20/h4-8,17H,2-3H2,1H3,(H,12,13,14)(H2,18,19,20)/p-2/t6-,7+,8+/m0/s1. The molecule has 1 fully saturated rings. The second kappa shape index (κ2) is 6.11. The number of aromatic nitrogens is 4. The molecule has 0 aromatic carbocycles. The highest BCUT2D eigenvalue weighted by Gasteiger charge is 2.36. The lowest BCUT2D eigenvalue weighted by Crippen LogP contribution is -2.29. The van der Waals surface area contributed by atoms with Crippen LogP contribution in [0.5, 0.6) is 0 Å². The molecule has 23 heavy (non-hydrogen) atoms. The number of imidazole rings is 1. The van der Waals surface area contributed by atoms with Crippen molar-refractivity contribution >= 4 is 24.8 Å². The molecule has 11 nitrogen and oxygen atoms in total. The molecular formula is C11H14N5O6P-2. The third-order valence-corrected chi connectivity index (χ3v) is 3.97. The molecule has 1 aliphatic rings. The van der Waals surface area contributed by atoms with Crippen LogP contribution in [0.1, 0.15) is 12.6 Å². The number of phosphoric acid groups is 1. The Hall–Kier alpha value is -1.62. The summed E-state index contributed by atoms with van der Waals surface area (Å²) < 4.78 is 21.9. The van der Waals surface area contributed by atoms with E-state index in [9.17, 15) is 19.5 Å². The lowest BCUT2D eigenvalue weighted by molar-refractivity contribution is -0.343. The molecule has 0 aliphatic carbocycles. The van der Waals surface area contributed by atoms with Crippen LogP contribution in [0.15, 0.2) is 12.7 Å². The number of nitrogens with zero attached hydrogens (tertiary/aromatic N) is 4. The fourth-order valence-corrected chi connectivity index (χ4v) is 2.78. The van der Waals surface area contributed by atoms with Gasteiger partial charge in [0.05, 0.1) is 26.9 Å². The lowest BCUT2D eigenvalue weighted by Gasteiger charge is -2.30. The van der Waals surface area contributed by atoms with Crippen LogP contribution in [0.2, 0.25) is 0 Å². The van der Waals surface area contributed by atoms with Gasteiger partial charge in [-0.2, -0.15) is 0 Å². The Balaban J connectivity index is 1.80. The van der Waals surface area contributed by atoms with Crippen LogP contribution >= 0.6 is 7.82 Å². The zero-order chi connectivity index (χ0) is 16.6. The average molecular weight is 343 g/mol.